The molecule has 0 saturated heterocycles. The van der Waals surface area contributed by atoms with Crippen LogP contribution < -0.4 is 4.90 Å². The topological polar surface area (TPSA) is 46.3 Å². The quantitative estimate of drug-likeness (QED) is 0.420. The molecule has 0 aliphatic heterocycles. The Morgan fingerprint density at radius 2 is 1.79 bits per heavy atom. The van der Waals surface area contributed by atoms with E-state index in [1.165, 1.54) is 5.39 Å². The predicted octanol–water partition coefficient (Wildman–Crippen LogP) is 5.51. The molecule has 3 heterocycles. The molecule has 0 unspecified atom stereocenters. The third-order valence-corrected chi connectivity index (χ3v) is 5.05. The summed E-state index contributed by atoms with van der Waals surface area (Å²) in [5, 5.41) is 7.12. The van der Waals surface area contributed by atoms with E-state index in [1.807, 2.05) is 78.1 Å². The molecule has 2 aromatic carbocycles. The lowest BCUT2D eigenvalue weighted by atomic mass is 10.0. The van der Waals surface area contributed by atoms with Crippen LogP contribution >= 0.6 is 0 Å². The van der Waals surface area contributed by atoms with Crippen LogP contribution in [0.3, 0.4) is 0 Å². The molecule has 0 spiro atoms. The first-order valence-electron chi connectivity index (χ1n) is 9.21. The number of hydrogen-bond acceptors (Lipinski definition) is 4. The SMILES string of the molecule is Cc1nccc2ccc(-c3cccc4nc(N(C)c5ccccc5)nn34)cc12.[HH].[HH]. The number of pyridine rings is 2. The Labute approximate surface area is 165 Å². The van der Waals surface area contributed by atoms with Gasteiger partial charge in [-0.1, -0.05) is 36.4 Å². The van der Waals surface area contributed by atoms with Crippen molar-refractivity contribution < 1.29 is 2.85 Å². The van der Waals surface area contributed by atoms with Crippen LogP contribution in [0.1, 0.15) is 8.55 Å². The van der Waals surface area contributed by atoms with E-state index in [0.29, 0.717) is 5.95 Å². The molecule has 0 atom stereocenters. The first-order valence-corrected chi connectivity index (χ1v) is 9.21. The average molecular weight is 369 g/mol. The average Bonchev–Trinajstić information content (AvgIpc) is 3.18. The standard InChI is InChI=1S/C23H19N5.2H2/c1-16-20-15-18(12-11-17(20)13-14-24-16)21-9-6-10-22-25-23(26-28(21)22)27(2)19-7-4-3-5-8-19;;/h3-15H,1-2H3;2*1H. The van der Waals surface area contributed by atoms with Gasteiger partial charge in [-0.15, -0.1) is 5.10 Å². The summed E-state index contributed by atoms with van der Waals surface area (Å²) in [6, 6.07) is 24.7. The van der Waals surface area contributed by atoms with Gasteiger partial charge in [-0.2, -0.15) is 4.98 Å². The second-order valence-electron chi connectivity index (χ2n) is 6.82. The van der Waals surface area contributed by atoms with Gasteiger partial charge in [0.2, 0.25) is 5.95 Å². The number of para-hydroxylation sites is 1. The van der Waals surface area contributed by atoms with Crippen molar-refractivity contribution in [1.29, 1.82) is 0 Å². The van der Waals surface area contributed by atoms with Gasteiger partial charge in [0.25, 0.3) is 0 Å². The van der Waals surface area contributed by atoms with Crippen molar-refractivity contribution >= 4 is 28.1 Å². The Kier molecular flexibility index (Phi) is 3.79. The second kappa shape index (κ2) is 6.46. The number of aryl methyl sites for hydroxylation is 1. The molecular formula is C23H23N5. The Morgan fingerprint density at radius 1 is 0.929 bits per heavy atom. The highest BCUT2D eigenvalue weighted by atomic mass is 15.4. The summed E-state index contributed by atoms with van der Waals surface area (Å²) in [7, 11) is 1.98. The van der Waals surface area contributed by atoms with Crippen molar-refractivity contribution in [2.24, 2.45) is 0 Å². The third-order valence-electron chi connectivity index (χ3n) is 5.05. The molecule has 0 amide bonds. The lowest BCUT2D eigenvalue weighted by Gasteiger charge is -2.14. The van der Waals surface area contributed by atoms with Crippen LogP contribution in [0, 0.1) is 6.92 Å². The van der Waals surface area contributed by atoms with Crippen LogP contribution in [0.15, 0.2) is 79.0 Å². The number of fused-ring (bicyclic) bond motifs is 2. The van der Waals surface area contributed by atoms with Crippen molar-refractivity contribution in [1.82, 2.24) is 19.6 Å². The fourth-order valence-electron chi connectivity index (χ4n) is 3.49. The van der Waals surface area contributed by atoms with Crippen LogP contribution in [-0.2, 0) is 0 Å². The zero-order valence-corrected chi connectivity index (χ0v) is 15.7. The summed E-state index contributed by atoms with van der Waals surface area (Å²) in [5.41, 5.74) is 4.98. The van der Waals surface area contributed by atoms with E-state index in [0.717, 1.165) is 33.7 Å². The van der Waals surface area contributed by atoms with Gasteiger partial charge < -0.3 is 4.90 Å². The summed E-state index contributed by atoms with van der Waals surface area (Å²) >= 11 is 0. The smallest absolute Gasteiger partial charge is 0.249 e. The number of nitrogens with zero attached hydrogens (tertiary/aromatic N) is 5. The fraction of sp³-hybridized carbons (Fsp3) is 0.0870. The molecule has 0 saturated carbocycles. The second-order valence-corrected chi connectivity index (χ2v) is 6.82. The minimum Gasteiger partial charge on any atom is -0.312 e. The summed E-state index contributed by atoms with van der Waals surface area (Å²) in [4.78, 5) is 11.1. The Balaban J connectivity index is 0.00000128. The molecule has 5 rings (SSSR count). The monoisotopic (exact) mass is 369 g/mol. The van der Waals surface area contributed by atoms with Gasteiger partial charge in [-0.25, -0.2) is 4.52 Å². The molecular weight excluding hydrogens is 346 g/mol. The number of hydrogen-bond donors (Lipinski definition) is 0. The zero-order chi connectivity index (χ0) is 19.1. The summed E-state index contributed by atoms with van der Waals surface area (Å²) in [6.07, 6.45) is 1.85. The van der Waals surface area contributed by atoms with Crippen LogP contribution in [-0.4, -0.2) is 26.6 Å². The zero-order valence-electron chi connectivity index (χ0n) is 15.7. The lowest BCUT2D eigenvalue weighted by Crippen LogP contribution is -2.11. The molecule has 0 aliphatic rings. The molecule has 0 N–H and O–H groups in total. The molecule has 3 aromatic heterocycles. The molecule has 0 radical (unpaired) electrons. The van der Waals surface area contributed by atoms with Gasteiger partial charge in [0, 0.05) is 38.4 Å². The maximum Gasteiger partial charge on any atom is 0.249 e. The lowest BCUT2D eigenvalue weighted by molar-refractivity contribution is 0.948. The van der Waals surface area contributed by atoms with Gasteiger partial charge in [-0.3, -0.25) is 4.98 Å². The first-order chi connectivity index (χ1) is 13.7. The molecule has 5 heteroatoms. The van der Waals surface area contributed by atoms with Gasteiger partial charge in [0.15, 0.2) is 5.65 Å². The number of aromatic nitrogens is 4. The minimum absolute atomic E-state index is 0. The summed E-state index contributed by atoms with van der Waals surface area (Å²) < 4.78 is 1.90. The number of anilines is 2. The number of rotatable bonds is 3. The molecule has 0 fully saturated rings. The summed E-state index contributed by atoms with van der Waals surface area (Å²) in [6.45, 7) is 2.04. The van der Waals surface area contributed by atoms with E-state index in [-0.39, 0.29) is 2.85 Å². The molecule has 140 valence electrons. The van der Waals surface area contributed by atoms with E-state index in [2.05, 4.69) is 29.2 Å². The van der Waals surface area contributed by atoms with E-state index in [9.17, 15) is 0 Å². The molecule has 0 bridgehead atoms. The van der Waals surface area contributed by atoms with Crippen molar-refractivity contribution in [2.75, 3.05) is 11.9 Å². The van der Waals surface area contributed by atoms with Gasteiger partial charge >= 0.3 is 0 Å². The van der Waals surface area contributed by atoms with Crippen LogP contribution in [0.2, 0.25) is 0 Å². The normalized spacial score (nSPS) is 11.2. The molecule has 5 aromatic rings. The molecule has 0 aliphatic carbocycles. The van der Waals surface area contributed by atoms with E-state index in [4.69, 9.17) is 10.1 Å². The van der Waals surface area contributed by atoms with Crippen LogP contribution in [0.4, 0.5) is 11.6 Å². The van der Waals surface area contributed by atoms with Gasteiger partial charge in [-0.05, 0) is 48.7 Å². The van der Waals surface area contributed by atoms with Gasteiger partial charge in [0.1, 0.15) is 0 Å². The molecule has 28 heavy (non-hydrogen) atoms. The van der Waals surface area contributed by atoms with E-state index in [1.54, 1.807) is 0 Å². The predicted molar refractivity (Wildman–Crippen MR) is 117 cm³/mol. The van der Waals surface area contributed by atoms with Crippen molar-refractivity contribution in [3.8, 4) is 11.3 Å². The Hall–Kier alpha value is -3.73. The maximum absolute atomic E-state index is 4.78. The van der Waals surface area contributed by atoms with E-state index < -0.39 is 0 Å². The highest BCUT2D eigenvalue weighted by Gasteiger charge is 2.13. The highest BCUT2D eigenvalue weighted by Crippen LogP contribution is 2.27. The Bertz CT molecular complexity index is 1300. The number of benzene rings is 2. The van der Waals surface area contributed by atoms with Crippen LogP contribution in [0.25, 0.3) is 27.7 Å². The fourth-order valence-corrected chi connectivity index (χ4v) is 3.49. The van der Waals surface area contributed by atoms with Crippen LogP contribution in [0.5, 0.6) is 0 Å². The van der Waals surface area contributed by atoms with Crippen molar-refractivity contribution in [3.05, 3.63) is 84.7 Å². The Morgan fingerprint density at radius 3 is 2.64 bits per heavy atom. The van der Waals surface area contributed by atoms with Crippen molar-refractivity contribution in [3.63, 3.8) is 0 Å². The summed E-state index contributed by atoms with van der Waals surface area (Å²) in [5.74, 6) is 0.664. The molecule has 5 nitrogen and oxygen atoms in total. The first kappa shape index (κ1) is 16.4. The minimum atomic E-state index is 0. The highest BCUT2D eigenvalue weighted by molar-refractivity contribution is 5.88. The van der Waals surface area contributed by atoms with E-state index >= 15 is 0 Å². The van der Waals surface area contributed by atoms with Gasteiger partial charge in [0.05, 0.1) is 5.69 Å². The third kappa shape index (κ3) is 2.68. The maximum atomic E-state index is 4.78. The largest absolute Gasteiger partial charge is 0.312 e. The van der Waals surface area contributed by atoms with Crippen molar-refractivity contribution in [2.45, 2.75) is 6.92 Å².